The van der Waals surface area contributed by atoms with Gasteiger partial charge in [0.25, 0.3) is 0 Å². The summed E-state index contributed by atoms with van der Waals surface area (Å²) in [7, 11) is 0. The van der Waals surface area contributed by atoms with Crippen LogP contribution in [0.15, 0.2) is 0 Å². The summed E-state index contributed by atoms with van der Waals surface area (Å²) in [6.45, 7) is 1.55. The van der Waals surface area contributed by atoms with Crippen molar-refractivity contribution in [2.45, 2.75) is 25.4 Å². The molecule has 8 heteroatoms. The van der Waals surface area contributed by atoms with E-state index in [9.17, 15) is 13.2 Å². The van der Waals surface area contributed by atoms with Gasteiger partial charge in [0, 0.05) is 18.4 Å². The van der Waals surface area contributed by atoms with E-state index in [1.54, 1.807) is 0 Å². The van der Waals surface area contributed by atoms with Crippen LogP contribution in [0.3, 0.4) is 0 Å². The number of alkyl halides is 4. The molecule has 0 amide bonds. The lowest BCUT2D eigenvalue weighted by Gasteiger charge is -2.31. The average molecular weight is 344 g/mol. The third kappa shape index (κ3) is 3.34. The first-order chi connectivity index (χ1) is 8.50. The lowest BCUT2D eigenvalue weighted by molar-refractivity contribution is -0.138. The second-order valence-electron chi connectivity index (χ2n) is 4.32. The van der Waals surface area contributed by atoms with Crippen LogP contribution < -0.4 is 4.90 Å². The van der Waals surface area contributed by atoms with Gasteiger partial charge in [0.15, 0.2) is 0 Å². The standard InChI is InChI=1S/C10H13BrF3N3S/c11-4-3-7-2-1-5-17(6-7)9-16-15-8(18-9)10(12,13)14/h7H,1-6H2. The molecule has 1 aromatic rings. The molecule has 0 radical (unpaired) electrons. The number of nitrogens with zero attached hydrogens (tertiary/aromatic N) is 3. The predicted molar refractivity (Wildman–Crippen MR) is 68.3 cm³/mol. The maximum Gasteiger partial charge on any atom is 0.445 e. The lowest BCUT2D eigenvalue weighted by Crippen LogP contribution is -2.35. The van der Waals surface area contributed by atoms with Crippen LogP contribution in [0.5, 0.6) is 0 Å². The summed E-state index contributed by atoms with van der Waals surface area (Å²) in [6, 6.07) is 0. The highest BCUT2D eigenvalue weighted by Crippen LogP contribution is 2.35. The minimum absolute atomic E-state index is 0.390. The summed E-state index contributed by atoms with van der Waals surface area (Å²) in [4.78, 5) is 1.92. The van der Waals surface area contributed by atoms with Crippen LogP contribution in [0.1, 0.15) is 24.3 Å². The van der Waals surface area contributed by atoms with Gasteiger partial charge in [-0.3, -0.25) is 0 Å². The molecule has 3 nitrogen and oxygen atoms in total. The van der Waals surface area contributed by atoms with Crippen LogP contribution in [0, 0.1) is 5.92 Å². The summed E-state index contributed by atoms with van der Waals surface area (Å²) in [5.41, 5.74) is 0. The minimum atomic E-state index is -4.39. The zero-order valence-electron chi connectivity index (χ0n) is 9.58. The quantitative estimate of drug-likeness (QED) is 0.785. The maximum atomic E-state index is 12.4. The van der Waals surface area contributed by atoms with Gasteiger partial charge in [-0.05, 0) is 25.2 Å². The summed E-state index contributed by atoms with van der Waals surface area (Å²) in [5, 5.41) is 7.35. The smallest absolute Gasteiger partial charge is 0.346 e. The summed E-state index contributed by atoms with van der Waals surface area (Å²) < 4.78 is 37.3. The Hall–Kier alpha value is -0.370. The van der Waals surface area contributed by atoms with E-state index >= 15 is 0 Å². The normalized spacial score (nSPS) is 21.3. The molecule has 1 aromatic heterocycles. The first-order valence-corrected chi connectivity index (χ1v) is 7.66. The van der Waals surface area contributed by atoms with Gasteiger partial charge in [-0.25, -0.2) is 0 Å². The molecular weight excluding hydrogens is 331 g/mol. The number of hydrogen-bond donors (Lipinski definition) is 0. The van der Waals surface area contributed by atoms with Gasteiger partial charge in [0.05, 0.1) is 0 Å². The van der Waals surface area contributed by atoms with E-state index in [-0.39, 0.29) is 0 Å². The third-order valence-electron chi connectivity index (χ3n) is 2.96. The van der Waals surface area contributed by atoms with Gasteiger partial charge >= 0.3 is 6.18 Å². The Kier molecular flexibility index (Phi) is 4.47. The van der Waals surface area contributed by atoms with Crippen molar-refractivity contribution in [1.82, 2.24) is 10.2 Å². The van der Waals surface area contributed by atoms with Crippen LogP contribution in [-0.4, -0.2) is 28.6 Å². The topological polar surface area (TPSA) is 29.0 Å². The van der Waals surface area contributed by atoms with Crippen molar-refractivity contribution >= 4 is 32.4 Å². The Morgan fingerprint density at radius 2 is 2.17 bits per heavy atom. The highest BCUT2D eigenvalue weighted by Gasteiger charge is 2.36. The van der Waals surface area contributed by atoms with Crippen molar-refractivity contribution in [2.75, 3.05) is 23.3 Å². The molecule has 1 atom stereocenters. The SMILES string of the molecule is FC(F)(F)c1nnc(N2CCCC(CCBr)C2)s1. The van der Waals surface area contributed by atoms with Crippen molar-refractivity contribution in [3.63, 3.8) is 0 Å². The van der Waals surface area contributed by atoms with E-state index < -0.39 is 11.2 Å². The molecule has 1 unspecified atom stereocenters. The van der Waals surface area contributed by atoms with Gasteiger partial charge in [-0.1, -0.05) is 27.3 Å². The molecule has 18 heavy (non-hydrogen) atoms. The van der Waals surface area contributed by atoms with Crippen molar-refractivity contribution in [3.05, 3.63) is 5.01 Å². The molecule has 1 fully saturated rings. The van der Waals surface area contributed by atoms with Crippen molar-refractivity contribution in [3.8, 4) is 0 Å². The molecular formula is C10H13BrF3N3S. The first kappa shape index (κ1) is 14.0. The average Bonchev–Trinajstić information content (AvgIpc) is 2.78. The van der Waals surface area contributed by atoms with E-state index in [0.29, 0.717) is 22.4 Å². The molecule has 0 N–H and O–H groups in total. The second kappa shape index (κ2) is 5.73. The third-order valence-corrected chi connectivity index (χ3v) is 4.45. The fourth-order valence-corrected chi connectivity index (χ4v) is 3.48. The highest BCUT2D eigenvalue weighted by atomic mass is 79.9. The first-order valence-electron chi connectivity index (χ1n) is 5.72. The highest BCUT2D eigenvalue weighted by molar-refractivity contribution is 9.09. The lowest BCUT2D eigenvalue weighted by atomic mass is 9.96. The van der Waals surface area contributed by atoms with Gasteiger partial charge in [-0.2, -0.15) is 13.2 Å². The predicted octanol–water partition coefficient (Wildman–Crippen LogP) is 3.56. The van der Waals surface area contributed by atoms with Crippen LogP contribution in [0.2, 0.25) is 0 Å². The molecule has 0 aliphatic carbocycles. The number of piperidine rings is 1. The summed E-state index contributed by atoms with van der Waals surface area (Å²) in [6.07, 6.45) is -1.21. The van der Waals surface area contributed by atoms with E-state index in [1.807, 2.05) is 4.90 Å². The van der Waals surface area contributed by atoms with E-state index in [4.69, 9.17) is 0 Å². The number of aromatic nitrogens is 2. The Labute approximate surface area is 116 Å². The van der Waals surface area contributed by atoms with E-state index in [2.05, 4.69) is 26.1 Å². The fraction of sp³-hybridized carbons (Fsp3) is 0.800. The molecule has 0 aromatic carbocycles. The molecule has 0 spiro atoms. The molecule has 1 aliphatic heterocycles. The van der Waals surface area contributed by atoms with Crippen molar-refractivity contribution < 1.29 is 13.2 Å². The van der Waals surface area contributed by atoms with E-state index in [1.165, 1.54) is 0 Å². The van der Waals surface area contributed by atoms with Gasteiger partial charge in [0.2, 0.25) is 10.1 Å². The summed E-state index contributed by atoms with van der Waals surface area (Å²) in [5.74, 6) is 0.524. The van der Waals surface area contributed by atoms with Gasteiger partial charge in [0.1, 0.15) is 0 Å². The van der Waals surface area contributed by atoms with Gasteiger partial charge < -0.3 is 4.90 Å². The number of anilines is 1. The molecule has 1 saturated heterocycles. The zero-order valence-corrected chi connectivity index (χ0v) is 12.0. The summed E-state index contributed by atoms with van der Waals surface area (Å²) >= 11 is 4.03. The molecule has 2 rings (SSSR count). The maximum absolute atomic E-state index is 12.4. The molecule has 102 valence electrons. The van der Waals surface area contributed by atoms with Crippen LogP contribution >= 0.6 is 27.3 Å². The van der Waals surface area contributed by atoms with Crippen LogP contribution in [0.4, 0.5) is 18.3 Å². The zero-order chi connectivity index (χ0) is 13.2. The fourth-order valence-electron chi connectivity index (χ4n) is 2.09. The monoisotopic (exact) mass is 343 g/mol. The van der Waals surface area contributed by atoms with Crippen molar-refractivity contribution in [1.29, 1.82) is 0 Å². The van der Waals surface area contributed by atoms with Crippen LogP contribution in [-0.2, 0) is 6.18 Å². The number of rotatable bonds is 3. The molecule has 1 aliphatic rings. The molecule has 2 heterocycles. The molecule has 0 saturated carbocycles. The minimum Gasteiger partial charge on any atom is -0.346 e. The van der Waals surface area contributed by atoms with Crippen LogP contribution in [0.25, 0.3) is 0 Å². The van der Waals surface area contributed by atoms with E-state index in [0.717, 1.165) is 37.7 Å². The van der Waals surface area contributed by atoms with Crippen molar-refractivity contribution in [2.24, 2.45) is 5.92 Å². The Bertz CT molecular complexity index is 394. The largest absolute Gasteiger partial charge is 0.445 e. The second-order valence-corrected chi connectivity index (χ2v) is 6.07. The Morgan fingerprint density at radius 3 is 2.78 bits per heavy atom. The number of hydrogen-bond acceptors (Lipinski definition) is 4. The Balaban J connectivity index is 2.05. The Morgan fingerprint density at radius 1 is 1.39 bits per heavy atom. The number of halogens is 4. The molecule has 0 bridgehead atoms. The van der Waals surface area contributed by atoms with Gasteiger partial charge in [-0.15, -0.1) is 10.2 Å².